The number of hydrogen-bond acceptors (Lipinski definition) is 6. The third kappa shape index (κ3) is 1.94. The first-order chi connectivity index (χ1) is 10.8. The highest BCUT2D eigenvalue weighted by Gasteiger charge is 2.69. The van der Waals surface area contributed by atoms with Crippen molar-refractivity contribution in [3.05, 3.63) is 24.3 Å². The summed E-state index contributed by atoms with van der Waals surface area (Å²) in [6, 6.07) is 0. The molecule has 6 nitrogen and oxygen atoms in total. The predicted octanol–water partition coefficient (Wildman–Crippen LogP) is 0.886. The number of carbonyl (C=O) groups is 2. The average molecular weight is 320 g/mol. The lowest BCUT2D eigenvalue weighted by Crippen LogP contribution is -2.42. The van der Waals surface area contributed by atoms with Gasteiger partial charge in [0.25, 0.3) is 0 Å². The summed E-state index contributed by atoms with van der Waals surface area (Å²) >= 11 is 0. The molecule has 2 saturated heterocycles. The van der Waals surface area contributed by atoms with E-state index in [-0.39, 0.29) is 17.9 Å². The topological polar surface area (TPSA) is 85.4 Å². The third-order valence-electron chi connectivity index (χ3n) is 5.92. The van der Waals surface area contributed by atoms with E-state index >= 15 is 0 Å². The van der Waals surface area contributed by atoms with Gasteiger partial charge in [0.2, 0.25) is 0 Å². The SMILES string of the molecule is C=C1C(=O)O[C@H]2C[C@@]3(CO3)C3C[C@H](OC(C)=O)C(=C)[C@]3(O)CC12. The predicted molar refractivity (Wildman–Crippen MR) is 78.2 cm³/mol. The van der Waals surface area contributed by atoms with Crippen molar-refractivity contribution in [2.24, 2.45) is 11.8 Å². The summed E-state index contributed by atoms with van der Waals surface area (Å²) < 4.78 is 16.5. The molecule has 2 aliphatic carbocycles. The van der Waals surface area contributed by atoms with E-state index < -0.39 is 29.2 Å². The molecule has 0 aromatic heterocycles. The molecule has 6 atom stereocenters. The number of rotatable bonds is 1. The molecule has 6 heteroatoms. The van der Waals surface area contributed by atoms with Crippen LogP contribution in [0.2, 0.25) is 0 Å². The van der Waals surface area contributed by atoms with E-state index in [2.05, 4.69) is 13.2 Å². The molecule has 23 heavy (non-hydrogen) atoms. The molecule has 2 heterocycles. The van der Waals surface area contributed by atoms with E-state index in [1.165, 1.54) is 6.92 Å². The van der Waals surface area contributed by atoms with Crippen LogP contribution in [0.15, 0.2) is 24.3 Å². The van der Waals surface area contributed by atoms with Crippen molar-refractivity contribution in [2.45, 2.75) is 49.6 Å². The Bertz CT molecular complexity index is 633. The van der Waals surface area contributed by atoms with Gasteiger partial charge in [-0.2, -0.15) is 0 Å². The zero-order valence-electron chi connectivity index (χ0n) is 13.0. The maximum Gasteiger partial charge on any atom is 0.334 e. The Morgan fingerprint density at radius 1 is 1.39 bits per heavy atom. The maximum absolute atomic E-state index is 11.8. The lowest BCUT2D eigenvalue weighted by molar-refractivity contribution is -0.145. The van der Waals surface area contributed by atoms with E-state index in [0.29, 0.717) is 37.0 Å². The van der Waals surface area contributed by atoms with Gasteiger partial charge in [-0.1, -0.05) is 13.2 Å². The van der Waals surface area contributed by atoms with Gasteiger partial charge in [0.1, 0.15) is 17.8 Å². The largest absolute Gasteiger partial charge is 0.458 e. The van der Waals surface area contributed by atoms with Crippen molar-refractivity contribution in [1.29, 1.82) is 0 Å². The van der Waals surface area contributed by atoms with Crippen LogP contribution in [-0.2, 0) is 23.8 Å². The van der Waals surface area contributed by atoms with Gasteiger partial charge in [-0.05, 0) is 18.4 Å². The van der Waals surface area contributed by atoms with Gasteiger partial charge in [0.15, 0.2) is 0 Å². The summed E-state index contributed by atoms with van der Waals surface area (Å²) in [5.74, 6) is -1.28. The minimum Gasteiger partial charge on any atom is -0.458 e. The van der Waals surface area contributed by atoms with Crippen molar-refractivity contribution in [3.63, 3.8) is 0 Å². The molecule has 4 rings (SSSR count). The Balaban J connectivity index is 1.71. The molecule has 0 amide bonds. The van der Waals surface area contributed by atoms with Crippen molar-refractivity contribution >= 4 is 11.9 Å². The van der Waals surface area contributed by atoms with Gasteiger partial charge in [0, 0.05) is 30.8 Å². The van der Waals surface area contributed by atoms with Gasteiger partial charge >= 0.3 is 11.9 Å². The zero-order valence-corrected chi connectivity index (χ0v) is 13.0. The molecule has 1 N–H and O–H groups in total. The smallest absolute Gasteiger partial charge is 0.334 e. The van der Waals surface area contributed by atoms with Crippen LogP contribution in [0.1, 0.15) is 26.2 Å². The van der Waals surface area contributed by atoms with E-state index in [1.807, 2.05) is 0 Å². The first-order valence-electron chi connectivity index (χ1n) is 7.89. The first-order valence-corrected chi connectivity index (χ1v) is 7.89. The Hall–Kier alpha value is -1.66. The minimum atomic E-state index is -1.24. The summed E-state index contributed by atoms with van der Waals surface area (Å²) in [5.41, 5.74) is -0.895. The number of fused-ring (bicyclic) bond motifs is 3. The van der Waals surface area contributed by atoms with Gasteiger partial charge in [-0.25, -0.2) is 4.79 Å². The highest BCUT2D eigenvalue weighted by molar-refractivity contribution is 5.90. The lowest BCUT2D eigenvalue weighted by atomic mass is 9.77. The molecule has 1 spiro atoms. The standard InChI is InChI=1S/C17H20O6/c1-8-11-5-17(20)9(2)12(22-10(3)18)4-14(17)16(7-21-16)6-13(11)23-15(8)19/h11-14,20H,1-2,4-7H2,3H3/t11?,12-,13-,14?,16+,17+/m0/s1. The minimum absolute atomic E-state index is 0.219. The number of ether oxygens (including phenoxy) is 3. The molecule has 4 fully saturated rings. The molecule has 2 unspecified atom stereocenters. The Morgan fingerprint density at radius 3 is 2.70 bits per heavy atom. The second kappa shape index (κ2) is 4.45. The zero-order chi connectivity index (χ0) is 16.6. The fourth-order valence-electron chi connectivity index (χ4n) is 4.64. The van der Waals surface area contributed by atoms with Crippen molar-refractivity contribution in [1.82, 2.24) is 0 Å². The molecular formula is C17H20O6. The van der Waals surface area contributed by atoms with Gasteiger partial charge in [0.05, 0.1) is 12.2 Å². The van der Waals surface area contributed by atoms with Crippen LogP contribution < -0.4 is 0 Å². The molecule has 0 aromatic carbocycles. The highest BCUT2D eigenvalue weighted by Crippen LogP contribution is 2.60. The summed E-state index contributed by atoms with van der Waals surface area (Å²) in [5, 5.41) is 11.4. The van der Waals surface area contributed by atoms with Gasteiger partial charge in [-0.15, -0.1) is 0 Å². The van der Waals surface area contributed by atoms with Crippen LogP contribution in [0, 0.1) is 11.8 Å². The Labute approximate surface area is 134 Å². The number of hydrogen-bond donors (Lipinski definition) is 1. The van der Waals surface area contributed by atoms with Crippen molar-refractivity contribution < 1.29 is 28.9 Å². The fourth-order valence-corrected chi connectivity index (χ4v) is 4.64. The van der Waals surface area contributed by atoms with Crippen molar-refractivity contribution in [2.75, 3.05) is 6.61 Å². The number of epoxide rings is 1. The molecule has 2 aliphatic heterocycles. The van der Waals surface area contributed by atoms with Crippen LogP contribution in [0.5, 0.6) is 0 Å². The third-order valence-corrected chi connectivity index (χ3v) is 5.92. The number of esters is 2. The molecule has 0 radical (unpaired) electrons. The van der Waals surface area contributed by atoms with Gasteiger partial charge < -0.3 is 19.3 Å². The van der Waals surface area contributed by atoms with E-state index in [0.717, 1.165) is 0 Å². The van der Waals surface area contributed by atoms with E-state index in [4.69, 9.17) is 14.2 Å². The van der Waals surface area contributed by atoms with E-state index in [1.54, 1.807) is 0 Å². The average Bonchev–Trinajstić information content (AvgIpc) is 3.16. The summed E-state index contributed by atoms with van der Waals surface area (Å²) in [6.45, 7) is 9.68. The van der Waals surface area contributed by atoms with Crippen LogP contribution >= 0.6 is 0 Å². The molecule has 2 saturated carbocycles. The van der Waals surface area contributed by atoms with Crippen LogP contribution in [0.3, 0.4) is 0 Å². The Morgan fingerprint density at radius 2 is 2.09 bits per heavy atom. The van der Waals surface area contributed by atoms with Gasteiger partial charge in [-0.3, -0.25) is 4.79 Å². The number of carbonyl (C=O) groups excluding carboxylic acids is 2. The molecule has 124 valence electrons. The maximum atomic E-state index is 11.8. The monoisotopic (exact) mass is 320 g/mol. The van der Waals surface area contributed by atoms with E-state index in [9.17, 15) is 14.7 Å². The fraction of sp³-hybridized carbons (Fsp3) is 0.647. The van der Waals surface area contributed by atoms with Crippen LogP contribution in [-0.4, -0.2) is 47.1 Å². The molecule has 0 aromatic rings. The van der Waals surface area contributed by atoms with Crippen molar-refractivity contribution in [3.8, 4) is 0 Å². The Kier molecular flexibility index (Phi) is 2.88. The summed E-state index contributed by atoms with van der Waals surface area (Å²) in [6.07, 6.45) is 0.484. The number of aliphatic hydroxyl groups is 1. The molecule has 0 bridgehead atoms. The first kappa shape index (κ1) is 14.9. The second-order valence-corrected chi connectivity index (χ2v) is 7.17. The molecule has 4 aliphatic rings. The highest BCUT2D eigenvalue weighted by atomic mass is 16.6. The normalized spacial score (nSPS) is 47.8. The van der Waals surface area contributed by atoms with Crippen LogP contribution in [0.25, 0.3) is 0 Å². The lowest BCUT2D eigenvalue weighted by Gasteiger charge is -2.33. The quantitative estimate of drug-likeness (QED) is 0.334. The molecular weight excluding hydrogens is 300 g/mol. The van der Waals surface area contributed by atoms with Crippen LogP contribution in [0.4, 0.5) is 0 Å². The summed E-state index contributed by atoms with van der Waals surface area (Å²) in [4.78, 5) is 23.2. The second-order valence-electron chi connectivity index (χ2n) is 7.17. The summed E-state index contributed by atoms with van der Waals surface area (Å²) in [7, 11) is 0.